The predicted molar refractivity (Wildman–Crippen MR) is 56.4 cm³/mol. The van der Waals surface area contributed by atoms with E-state index in [4.69, 9.17) is 10.2 Å². The van der Waals surface area contributed by atoms with E-state index < -0.39 is 12.5 Å². The molecule has 6 heteroatoms. The van der Waals surface area contributed by atoms with Gasteiger partial charge in [-0.1, -0.05) is 0 Å². The predicted octanol–water partition coefficient (Wildman–Crippen LogP) is -0.520. The molecule has 0 bridgehead atoms. The SMILES string of the molecule is Cc1nc(C)n(CC(=O)O)c(=O)c1CCO. The summed E-state index contributed by atoms with van der Waals surface area (Å²) >= 11 is 0. The van der Waals surface area contributed by atoms with Crippen molar-refractivity contribution in [1.29, 1.82) is 0 Å². The van der Waals surface area contributed by atoms with Crippen molar-refractivity contribution < 1.29 is 15.0 Å². The Kier molecular flexibility index (Phi) is 3.78. The number of aliphatic carboxylic acids is 1. The Morgan fingerprint density at radius 1 is 1.44 bits per heavy atom. The lowest BCUT2D eigenvalue weighted by atomic mass is 10.2. The first-order valence-corrected chi connectivity index (χ1v) is 4.87. The van der Waals surface area contributed by atoms with Crippen molar-refractivity contribution in [1.82, 2.24) is 9.55 Å². The summed E-state index contributed by atoms with van der Waals surface area (Å²) < 4.78 is 1.10. The summed E-state index contributed by atoms with van der Waals surface area (Å²) in [5.41, 5.74) is 0.522. The normalized spacial score (nSPS) is 10.4. The Labute approximate surface area is 92.2 Å². The minimum atomic E-state index is -1.09. The molecular formula is C10H14N2O4. The first-order valence-electron chi connectivity index (χ1n) is 4.87. The molecule has 0 unspecified atom stereocenters. The van der Waals surface area contributed by atoms with Crippen molar-refractivity contribution in [2.24, 2.45) is 0 Å². The monoisotopic (exact) mass is 226 g/mol. The van der Waals surface area contributed by atoms with Crippen LogP contribution >= 0.6 is 0 Å². The quantitative estimate of drug-likeness (QED) is 0.720. The minimum absolute atomic E-state index is 0.159. The van der Waals surface area contributed by atoms with Gasteiger partial charge in [-0.3, -0.25) is 14.2 Å². The van der Waals surface area contributed by atoms with E-state index in [1.807, 2.05) is 0 Å². The zero-order valence-corrected chi connectivity index (χ0v) is 9.23. The summed E-state index contributed by atoms with van der Waals surface area (Å²) in [5, 5.41) is 17.5. The lowest BCUT2D eigenvalue weighted by Gasteiger charge is -2.10. The van der Waals surface area contributed by atoms with Crippen LogP contribution in [0.4, 0.5) is 0 Å². The number of hydrogen-bond donors (Lipinski definition) is 2. The van der Waals surface area contributed by atoms with E-state index in [0.717, 1.165) is 4.57 Å². The average Bonchev–Trinajstić information content (AvgIpc) is 2.19. The number of carbonyl (C=O) groups is 1. The second-order valence-electron chi connectivity index (χ2n) is 3.48. The largest absolute Gasteiger partial charge is 0.480 e. The lowest BCUT2D eigenvalue weighted by molar-refractivity contribution is -0.137. The molecule has 0 spiro atoms. The van der Waals surface area contributed by atoms with Gasteiger partial charge in [-0.15, -0.1) is 0 Å². The van der Waals surface area contributed by atoms with Crippen molar-refractivity contribution in [3.8, 4) is 0 Å². The lowest BCUT2D eigenvalue weighted by Crippen LogP contribution is -2.31. The third-order valence-corrected chi connectivity index (χ3v) is 2.32. The fourth-order valence-electron chi connectivity index (χ4n) is 1.56. The van der Waals surface area contributed by atoms with E-state index in [1.54, 1.807) is 13.8 Å². The Hall–Kier alpha value is -1.69. The van der Waals surface area contributed by atoms with Gasteiger partial charge in [0.2, 0.25) is 0 Å². The third kappa shape index (κ3) is 2.46. The highest BCUT2D eigenvalue weighted by Gasteiger charge is 2.13. The van der Waals surface area contributed by atoms with Crippen LogP contribution in [0.3, 0.4) is 0 Å². The Morgan fingerprint density at radius 2 is 2.06 bits per heavy atom. The van der Waals surface area contributed by atoms with E-state index in [1.165, 1.54) is 0 Å². The number of carboxylic acid groups (broad SMARTS) is 1. The molecule has 0 fully saturated rings. The molecule has 0 saturated carbocycles. The van der Waals surface area contributed by atoms with Gasteiger partial charge in [0.15, 0.2) is 0 Å². The highest BCUT2D eigenvalue weighted by Crippen LogP contribution is 2.02. The molecule has 1 rings (SSSR count). The maximum Gasteiger partial charge on any atom is 0.323 e. The number of aryl methyl sites for hydroxylation is 2. The zero-order valence-electron chi connectivity index (χ0n) is 9.23. The van der Waals surface area contributed by atoms with Crippen molar-refractivity contribution in [3.05, 3.63) is 27.4 Å². The Balaban J connectivity index is 3.33. The molecule has 0 radical (unpaired) electrons. The molecule has 88 valence electrons. The van der Waals surface area contributed by atoms with Gasteiger partial charge in [0.05, 0.1) is 0 Å². The summed E-state index contributed by atoms with van der Waals surface area (Å²) in [6, 6.07) is 0. The Morgan fingerprint density at radius 3 is 2.56 bits per heavy atom. The van der Waals surface area contributed by atoms with Crippen LogP contribution in [0.5, 0.6) is 0 Å². The molecule has 0 amide bonds. The van der Waals surface area contributed by atoms with Gasteiger partial charge in [0.25, 0.3) is 5.56 Å². The number of hydrogen-bond acceptors (Lipinski definition) is 4. The number of nitrogens with zero attached hydrogens (tertiary/aromatic N) is 2. The number of aliphatic hydroxyl groups is 1. The van der Waals surface area contributed by atoms with Gasteiger partial charge in [-0.2, -0.15) is 0 Å². The second-order valence-corrected chi connectivity index (χ2v) is 3.48. The summed E-state index contributed by atoms with van der Waals surface area (Å²) in [7, 11) is 0. The van der Waals surface area contributed by atoms with Crippen LogP contribution in [0, 0.1) is 13.8 Å². The number of carboxylic acids is 1. The molecule has 0 saturated heterocycles. The third-order valence-electron chi connectivity index (χ3n) is 2.32. The molecule has 0 aromatic carbocycles. The number of aromatic nitrogens is 2. The first kappa shape index (κ1) is 12.4. The Bertz CT molecular complexity index is 465. The van der Waals surface area contributed by atoms with Gasteiger partial charge in [0, 0.05) is 24.3 Å². The van der Waals surface area contributed by atoms with Crippen molar-refractivity contribution in [3.63, 3.8) is 0 Å². The van der Waals surface area contributed by atoms with Crippen LogP contribution in [-0.2, 0) is 17.8 Å². The van der Waals surface area contributed by atoms with Gasteiger partial charge in [-0.05, 0) is 13.8 Å². The van der Waals surface area contributed by atoms with E-state index in [2.05, 4.69) is 4.98 Å². The molecule has 1 aromatic rings. The topological polar surface area (TPSA) is 92.4 Å². The van der Waals surface area contributed by atoms with Crippen LogP contribution < -0.4 is 5.56 Å². The van der Waals surface area contributed by atoms with Crippen molar-refractivity contribution in [2.45, 2.75) is 26.8 Å². The van der Waals surface area contributed by atoms with Crippen molar-refractivity contribution >= 4 is 5.97 Å². The highest BCUT2D eigenvalue weighted by molar-refractivity contribution is 5.66. The van der Waals surface area contributed by atoms with E-state index in [9.17, 15) is 9.59 Å². The maximum atomic E-state index is 11.9. The molecule has 1 aromatic heterocycles. The van der Waals surface area contributed by atoms with Crippen LogP contribution in [0.2, 0.25) is 0 Å². The first-order chi connectivity index (χ1) is 7.47. The second kappa shape index (κ2) is 4.89. The summed E-state index contributed by atoms with van der Waals surface area (Å²) in [6.45, 7) is 2.69. The fraction of sp³-hybridized carbons (Fsp3) is 0.500. The van der Waals surface area contributed by atoms with Gasteiger partial charge < -0.3 is 10.2 Å². The number of rotatable bonds is 4. The van der Waals surface area contributed by atoms with E-state index in [0.29, 0.717) is 17.1 Å². The molecule has 16 heavy (non-hydrogen) atoms. The van der Waals surface area contributed by atoms with Crippen LogP contribution in [0.1, 0.15) is 17.1 Å². The molecule has 1 heterocycles. The van der Waals surface area contributed by atoms with E-state index >= 15 is 0 Å². The number of aliphatic hydroxyl groups excluding tert-OH is 1. The molecule has 6 nitrogen and oxygen atoms in total. The molecular weight excluding hydrogens is 212 g/mol. The minimum Gasteiger partial charge on any atom is -0.480 e. The van der Waals surface area contributed by atoms with Crippen molar-refractivity contribution in [2.75, 3.05) is 6.61 Å². The fourth-order valence-corrected chi connectivity index (χ4v) is 1.56. The van der Waals surface area contributed by atoms with Crippen LogP contribution in [0.25, 0.3) is 0 Å². The molecule has 0 aliphatic carbocycles. The van der Waals surface area contributed by atoms with E-state index in [-0.39, 0.29) is 18.6 Å². The molecule has 0 aliphatic heterocycles. The van der Waals surface area contributed by atoms with Crippen LogP contribution in [0.15, 0.2) is 4.79 Å². The van der Waals surface area contributed by atoms with Gasteiger partial charge in [-0.25, -0.2) is 4.98 Å². The molecule has 0 aliphatic rings. The molecule has 0 atom stereocenters. The maximum absolute atomic E-state index is 11.9. The summed E-state index contributed by atoms with van der Waals surface area (Å²) in [4.78, 5) is 26.6. The van der Waals surface area contributed by atoms with Gasteiger partial charge in [0.1, 0.15) is 12.4 Å². The smallest absolute Gasteiger partial charge is 0.323 e. The zero-order chi connectivity index (χ0) is 12.3. The highest BCUT2D eigenvalue weighted by atomic mass is 16.4. The van der Waals surface area contributed by atoms with Gasteiger partial charge >= 0.3 is 5.97 Å². The standard InChI is InChI=1S/C10H14N2O4/c1-6-8(3-4-13)10(16)12(5-9(14)15)7(2)11-6/h13H,3-5H2,1-2H3,(H,14,15). The summed E-state index contributed by atoms with van der Waals surface area (Å²) in [5.74, 6) is -0.725. The summed E-state index contributed by atoms with van der Waals surface area (Å²) in [6.07, 6.45) is 0.192. The van der Waals surface area contributed by atoms with Crippen LogP contribution in [-0.4, -0.2) is 32.3 Å². The molecule has 2 N–H and O–H groups in total. The average molecular weight is 226 g/mol.